The Bertz CT molecular complexity index is 1000. The van der Waals surface area contributed by atoms with Gasteiger partial charge in [0, 0.05) is 4.47 Å². The van der Waals surface area contributed by atoms with E-state index in [1.165, 1.54) is 18.1 Å². The molecule has 1 fully saturated rings. The number of hydrogen-bond donors (Lipinski definition) is 1. The van der Waals surface area contributed by atoms with Gasteiger partial charge < -0.3 is 14.6 Å². The van der Waals surface area contributed by atoms with Gasteiger partial charge >= 0.3 is 0 Å². The molecule has 2 aromatic carbocycles. The van der Waals surface area contributed by atoms with Crippen molar-refractivity contribution in [3.05, 3.63) is 56.4 Å². The third-order valence-corrected chi connectivity index (χ3v) is 5.97. The number of thioether (sulfide) groups is 1. The molecule has 6 nitrogen and oxygen atoms in total. The number of carbonyl (C=O) groups is 2. The monoisotopic (exact) mass is 477 g/mol. The second-order valence-corrected chi connectivity index (χ2v) is 8.34. The van der Waals surface area contributed by atoms with Crippen molar-refractivity contribution in [1.29, 1.82) is 0 Å². The molecule has 8 heteroatoms. The largest absolute Gasteiger partial charge is 0.504 e. The van der Waals surface area contributed by atoms with Crippen molar-refractivity contribution >= 4 is 44.9 Å². The van der Waals surface area contributed by atoms with Gasteiger partial charge in [-0.25, -0.2) is 0 Å². The summed E-state index contributed by atoms with van der Waals surface area (Å²) < 4.78 is 11.5. The predicted octanol–water partition coefficient (Wildman–Crippen LogP) is 4.90. The molecule has 0 aromatic heterocycles. The average Bonchev–Trinajstić information content (AvgIpc) is 2.94. The molecule has 1 aliphatic rings. The molecule has 0 saturated carbocycles. The first-order valence-electron chi connectivity index (χ1n) is 8.82. The maximum atomic E-state index is 12.7. The minimum atomic E-state index is -0.372. The first-order chi connectivity index (χ1) is 13.8. The lowest BCUT2D eigenvalue weighted by molar-refractivity contribution is -0.123. The van der Waals surface area contributed by atoms with Gasteiger partial charge in [0.1, 0.15) is 12.4 Å². The Morgan fingerprint density at radius 1 is 1.17 bits per heavy atom. The van der Waals surface area contributed by atoms with Crippen molar-refractivity contribution in [2.75, 3.05) is 20.3 Å². The summed E-state index contributed by atoms with van der Waals surface area (Å²) in [5, 5.41) is 9.48. The van der Waals surface area contributed by atoms with Crippen molar-refractivity contribution in [3.63, 3.8) is 0 Å². The van der Waals surface area contributed by atoms with Gasteiger partial charge in [0.2, 0.25) is 0 Å². The van der Waals surface area contributed by atoms with Gasteiger partial charge in [-0.15, -0.1) is 0 Å². The van der Waals surface area contributed by atoms with Gasteiger partial charge in [0.15, 0.2) is 11.5 Å². The highest BCUT2D eigenvalue weighted by Crippen LogP contribution is 2.37. The van der Waals surface area contributed by atoms with E-state index in [1.54, 1.807) is 12.1 Å². The predicted molar refractivity (Wildman–Crippen MR) is 116 cm³/mol. The Kier molecular flexibility index (Phi) is 6.54. The number of ether oxygens (including phenoxy) is 2. The number of nitrogens with zero attached hydrogens (tertiary/aromatic N) is 1. The van der Waals surface area contributed by atoms with Crippen LogP contribution in [0.15, 0.2) is 39.7 Å². The van der Waals surface area contributed by atoms with Gasteiger partial charge in [-0.3, -0.25) is 14.5 Å². The Hall–Kier alpha value is -2.45. The summed E-state index contributed by atoms with van der Waals surface area (Å²) in [6, 6.07) is 8.97. The first-order valence-corrected chi connectivity index (χ1v) is 10.4. The van der Waals surface area contributed by atoms with Crippen molar-refractivity contribution in [2.45, 2.75) is 13.8 Å². The Morgan fingerprint density at radius 2 is 1.93 bits per heavy atom. The highest BCUT2D eigenvalue weighted by atomic mass is 79.9. The Morgan fingerprint density at radius 3 is 2.66 bits per heavy atom. The summed E-state index contributed by atoms with van der Waals surface area (Å²) in [6.45, 7) is 4.30. The summed E-state index contributed by atoms with van der Waals surface area (Å²) in [5.74, 6) is 0.630. The van der Waals surface area contributed by atoms with Gasteiger partial charge in [-0.1, -0.05) is 28.1 Å². The smallest absolute Gasteiger partial charge is 0.293 e. The summed E-state index contributed by atoms with van der Waals surface area (Å²) >= 11 is 4.22. The van der Waals surface area contributed by atoms with Crippen LogP contribution in [0.4, 0.5) is 4.79 Å². The van der Waals surface area contributed by atoms with Crippen LogP contribution in [-0.2, 0) is 4.79 Å². The molecule has 0 spiro atoms. The third-order valence-electron chi connectivity index (χ3n) is 4.37. The molecule has 2 aromatic rings. The molecule has 2 amide bonds. The molecule has 1 saturated heterocycles. The topological polar surface area (TPSA) is 76.1 Å². The van der Waals surface area contributed by atoms with E-state index < -0.39 is 0 Å². The fourth-order valence-corrected chi connectivity index (χ4v) is 4.08. The van der Waals surface area contributed by atoms with Crippen molar-refractivity contribution < 1.29 is 24.2 Å². The molecule has 1 aliphatic heterocycles. The second-order valence-electron chi connectivity index (χ2n) is 6.50. The minimum absolute atomic E-state index is 0.0202. The van der Waals surface area contributed by atoms with E-state index in [-0.39, 0.29) is 35.8 Å². The SMILES string of the molecule is COc1cc(/C=C2\SC(=O)N(CCOc3cc(C)ccc3C)C2=O)c(Br)cc1O. The molecule has 0 radical (unpaired) electrons. The maximum Gasteiger partial charge on any atom is 0.293 e. The van der Waals surface area contributed by atoms with E-state index in [0.717, 1.165) is 28.6 Å². The Balaban J connectivity index is 1.71. The lowest BCUT2D eigenvalue weighted by Gasteiger charge is -2.14. The molecule has 0 atom stereocenters. The van der Waals surface area contributed by atoms with Crippen LogP contribution in [-0.4, -0.2) is 41.4 Å². The number of halogens is 1. The number of amides is 2. The molecule has 1 heterocycles. The number of imide groups is 1. The molecular weight excluding hydrogens is 458 g/mol. The number of hydrogen-bond acceptors (Lipinski definition) is 6. The first kappa shape index (κ1) is 21.3. The Labute approximate surface area is 181 Å². The third kappa shape index (κ3) is 4.76. The van der Waals surface area contributed by atoms with Crippen LogP contribution in [0.3, 0.4) is 0 Å². The van der Waals surface area contributed by atoms with Gasteiger partial charge in [-0.2, -0.15) is 0 Å². The van der Waals surface area contributed by atoms with Crippen LogP contribution in [0.1, 0.15) is 16.7 Å². The number of methoxy groups -OCH3 is 1. The molecule has 152 valence electrons. The van der Waals surface area contributed by atoms with Crippen LogP contribution in [0.2, 0.25) is 0 Å². The van der Waals surface area contributed by atoms with Gasteiger partial charge in [0.05, 0.1) is 18.6 Å². The number of aromatic hydroxyl groups is 1. The van der Waals surface area contributed by atoms with Crippen molar-refractivity contribution in [1.82, 2.24) is 4.90 Å². The number of rotatable bonds is 6. The summed E-state index contributed by atoms with van der Waals surface area (Å²) in [5.41, 5.74) is 2.70. The molecule has 29 heavy (non-hydrogen) atoms. The maximum absolute atomic E-state index is 12.7. The van der Waals surface area contributed by atoms with Crippen molar-refractivity contribution in [2.24, 2.45) is 0 Å². The normalized spacial score (nSPS) is 15.3. The zero-order chi connectivity index (χ0) is 21.1. The number of phenols is 1. The summed E-state index contributed by atoms with van der Waals surface area (Å²) in [4.78, 5) is 26.5. The van der Waals surface area contributed by atoms with E-state index in [1.807, 2.05) is 32.0 Å². The standard InChI is InChI=1S/C21H20BrNO5S/c1-12-4-5-13(2)17(8-12)28-7-6-23-20(25)19(29-21(23)26)10-14-9-18(27-3)16(24)11-15(14)22/h4-5,8-11,24H,6-7H2,1-3H3/b19-10-. The fraction of sp³-hybridized carbons (Fsp3) is 0.238. The highest BCUT2D eigenvalue weighted by molar-refractivity contribution is 9.10. The average molecular weight is 478 g/mol. The van der Waals surface area contributed by atoms with Crippen LogP contribution < -0.4 is 9.47 Å². The van der Waals surface area contributed by atoms with Crippen LogP contribution in [0, 0.1) is 13.8 Å². The second kappa shape index (κ2) is 8.92. The van der Waals surface area contributed by atoms with Gasteiger partial charge in [0.25, 0.3) is 11.1 Å². The zero-order valence-electron chi connectivity index (χ0n) is 16.2. The fourth-order valence-electron chi connectivity index (χ4n) is 2.78. The zero-order valence-corrected chi connectivity index (χ0v) is 18.6. The summed E-state index contributed by atoms with van der Waals surface area (Å²) in [7, 11) is 1.44. The highest BCUT2D eigenvalue weighted by Gasteiger charge is 2.35. The number of aryl methyl sites for hydroxylation is 2. The van der Waals surface area contributed by atoms with E-state index in [9.17, 15) is 14.7 Å². The van der Waals surface area contributed by atoms with Crippen LogP contribution in [0.5, 0.6) is 17.2 Å². The summed E-state index contributed by atoms with van der Waals surface area (Å²) in [6.07, 6.45) is 1.60. The van der Waals surface area contributed by atoms with Crippen molar-refractivity contribution in [3.8, 4) is 17.2 Å². The van der Waals surface area contributed by atoms with Gasteiger partial charge in [-0.05, 0) is 66.6 Å². The number of benzene rings is 2. The van der Waals surface area contributed by atoms with E-state index in [0.29, 0.717) is 14.9 Å². The van der Waals surface area contributed by atoms with E-state index in [2.05, 4.69) is 15.9 Å². The number of phenolic OH excluding ortho intramolecular Hbond substituents is 1. The van der Waals surface area contributed by atoms with Crippen LogP contribution >= 0.6 is 27.7 Å². The quantitative estimate of drug-likeness (QED) is 0.596. The molecule has 3 rings (SSSR count). The number of carbonyl (C=O) groups excluding carboxylic acids is 2. The van der Waals surface area contributed by atoms with E-state index in [4.69, 9.17) is 9.47 Å². The van der Waals surface area contributed by atoms with E-state index >= 15 is 0 Å². The minimum Gasteiger partial charge on any atom is -0.504 e. The molecule has 1 N–H and O–H groups in total. The molecule has 0 bridgehead atoms. The molecule has 0 unspecified atom stereocenters. The molecular formula is C21H20BrNO5S. The lowest BCUT2D eigenvalue weighted by atomic mass is 10.1. The lowest BCUT2D eigenvalue weighted by Crippen LogP contribution is -2.32. The molecule has 0 aliphatic carbocycles. The van der Waals surface area contributed by atoms with Crippen LogP contribution in [0.25, 0.3) is 6.08 Å².